The third kappa shape index (κ3) is 3.13. The van der Waals surface area contributed by atoms with Crippen molar-refractivity contribution >= 4 is 27.8 Å². The SMILES string of the molecule is O=C(O)NCC1OCCc2c(C(=O)CBr)cccc21. The number of carbonyl (C=O) groups is 2. The first-order chi connectivity index (χ1) is 9.13. The first-order valence-corrected chi connectivity index (χ1v) is 7.05. The minimum absolute atomic E-state index is 0.0312. The standard InChI is InChI=1S/C13H14BrNO4/c14-6-11(16)9-2-1-3-10-8(9)4-5-19-12(10)7-15-13(17)18/h1-3,12,15H,4-7H2,(H,17,18). The average molecular weight is 328 g/mol. The van der Waals surface area contributed by atoms with Gasteiger partial charge in [0, 0.05) is 5.56 Å². The van der Waals surface area contributed by atoms with Crippen molar-refractivity contribution in [3.63, 3.8) is 0 Å². The minimum Gasteiger partial charge on any atom is -0.465 e. The zero-order chi connectivity index (χ0) is 13.8. The fourth-order valence-electron chi connectivity index (χ4n) is 2.26. The van der Waals surface area contributed by atoms with E-state index in [0.29, 0.717) is 18.6 Å². The summed E-state index contributed by atoms with van der Waals surface area (Å²) in [5.74, 6) is 0.0312. The molecule has 0 spiro atoms. The van der Waals surface area contributed by atoms with E-state index in [9.17, 15) is 9.59 Å². The third-order valence-corrected chi connectivity index (χ3v) is 3.60. The second-order valence-electron chi connectivity index (χ2n) is 4.23. The number of fused-ring (bicyclic) bond motifs is 1. The molecule has 0 bridgehead atoms. The molecule has 0 saturated heterocycles. The van der Waals surface area contributed by atoms with Gasteiger partial charge in [0.1, 0.15) is 6.10 Å². The largest absolute Gasteiger partial charge is 0.465 e. The van der Waals surface area contributed by atoms with Gasteiger partial charge in [-0.3, -0.25) is 4.79 Å². The lowest BCUT2D eigenvalue weighted by atomic mass is 9.91. The number of alkyl halides is 1. The van der Waals surface area contributed by atoms with Crippen LogP contribution in [0.3, 0.4) is 0 Å². The number of hydrogen-bond acceptors (Lipinski definition) is 3. The van der Waals surface area contributed by atoms with E-state index in [-0.39, 0.29) is 23.8 Å². The smallest absolute Gasteiger partial charge is 0.404 e. The summed E-state index contributed by atoms with van der Waals surface area (Å²) in [4.78, 5) is 22.4. The predicted octanol–water partition coefficient (Wildman–Crippen LogP) is 2.15. The van der Waals surface area contributed by atoms with Crippen LogP contribution < -0.4 is 5.32 Å². The molecule has 0 aromatic heterocycles. The van der Waals surface area contributed by atoms with Gasteiger partial charge in [0.25, 0.3) is 0 Å². The van der Waals surface area contributed by atoms with Gasteiger partial charge in [-0.25, -0.2) is 4.79 Å². The maximum Gasteiger partial charge on any atom is 0.404 e. The van der Waals surface area contributed by atoms with Crippen LogP contribution in [0.2, 0.25) is 0 Å². The lowest BCUT2D eigenvalue weighted by Gasteiger charge is -2.27. The number of ketones is 1. The molecule has 1 unspecified atom stereocenters. The molecule has 0 fully saturated rings. The summed E-state index contributed by atoms with van der Waals surface area (Å²) in [5.41, 5.74) is 2.56. The molecule has 1 amide bonds. The molecule has 1 aromatic carbocycles. The summed E-state index contributed by atoms with van der Waals surface area (Å²) in [6.45, 7) is 0.680. The Morgan fingerprint density at radius 1 is 1.47 bits per heavy atom. The van der Waals surface area contributed by atoms with Crippen molar-refractivity contribution in [1.29, 1.82) is 0 Å². The summed E-state index contributed by atoms with van der Waals surface area (Å²) in [7, 11) is 0. The Morgan fingerprint density at radius 3 is 2.95 bits per heavy atom. The van der Waals surface area contributed by atoms with Crippen LogP contribution in [0.15, 0.2) is 18.2 Å². The molecule has 2 N–H and O–H groups in total. The van der Waals surface area contributed by atoms with Crippen LogP contribution in [0.25, 0.3) is 0 Å². The number of halogens is 1. The fourth-order valence-corrected chi connectivity index (χ4v) is 2.56. The van der Waals surface area contributed by atoms with Crippen LogP contribution in [0.5, 0.6) is 0 Å². The zero-order valence-corrected chi connectivity index (χ0v) is 11.8. The summed E-state index contributed by atoms with van der Waals surface area (Å²) in [6.07, 6.45) is -0.736. The molecule has 1 aliphatic rings. The number of carboxylic acid groups (broad SMARTS) is 1. The van der Waals surface area contributed by atoms with Crippen molar-refractivity contribution < 1.29 is 19.4 Å². The van der Waals surface area contributed by atoms with Crippen LogP contribution in [0, 0.1) is 0 Å². The Morgan fingerprint density at radius 2 is 2.26 bits per heavy atom. The van der Waals surface area contributed by atoms with E-state index in [1.165, 1.54) is 0 Å². The number of amides is 1. The van der Waals surface area contributed by atoms with Crippen molar-refractivity contribution in [3.05, 3.63) is 34.9 Å². The van der Waals surface area contributed by atoms with Crippen molar-refractivity contribution in [2.75, 3.05) is 18.5 Å². The van der Waals surface area contributed by atoms with E-state index in [0.717, 1.165) is 11.1 Å². The zero-order valence-electron chi connectivity index (χ0n) is 10.2. The van der Waals surface area contributed by atoms with E-state index < -0.39 is 6.09 Å². The maximum atomic E-state index is 11.9. The quantitative estimate of drug-likeness (QED) is 0.656. The lowest BCUT2D eigenvalue weighted by molar-refractivity contribution is 0.0424. The van der Waals surface area contributed by atoms with Gasteiger partial charge in [0.2, 0.25) is 0 Å². The summed E-state index contributed by atoms with van der Waals surface area (Å²) < 4.78 is 5.57. The Labute approximate surface area is 119 Å². The van der Waals surface area contributed by atoms with Crippen LogP contribution in [0.1, 0.15) is 27.6 Å². The molecule has 19 heavy (non-hydrogen) atoms. The van der Waals surface area contributed by atoms with Gasteiger partial charge in [-0.15, -0.1) is 0 Å². The number of benzene rings is 1. The van der Waals surface area contributed by atoms with Crippen LogP contribution in [-0.2, 0) is 11.2 Å². The fraction of sp³-hybridized carbons (Fsp3) is 0.385. The highest BCUT2D eigenvalue weighted by atomic mass is 79.9. The summed E-state index contributed by atoms with van der Waals surface area (Å²) in [5, 5.41) is 11.2. The van der Waals surface area contributed by atoms with Crippen LogP contribution in [0.4, 0.5) is 4.79 Å². The van der Waals surface area contributed by atoms with E-state index in [4.69, 9.17) is 9.84 Å². The highest BCUT2D eigenvalue weighted by molar-refractivity contribution is 9.09. The van der Waals surface area contributed by atoms with E-state index in [1.807, 2.05) is 6.07 Å². The van der Waals surface area contributed by atoms with Gasteiger partial charge in [0.15, 0.2) is 5.78 Å². The minimum atomic E-state index is -1.08. The Bertz CT molecular complexity index is 503. The molecule has 6 heteroatoms. The monoisotopic (exact) mass is 327 g/mol. The van der Waals surface area contributed by atoms with Crippen molar-refractivity contribution in [2.45, 2.75) is 12.5 Å². The number of carbonyl (C=O) groups excluding carboxylic acids is 1. The molecule has 0 aliphatic carbocycles. The topological polar surface area (TPSA) is 75.6 Å². The van der Waals surface area contributed by atoms with Crippen LogP contribution in [-0.4, -0.2) is 35.5 Å². The molecule has 1 aliphatic heterocycles. The Kier molecular flexibility index (Phi) is 4.55. The number of ether oxygens (including phenoxy) is 1. The van der Waals surface area contributed by atoms with Crippen molar-refractivity contribution in [3.8, 4) is 0 Å². The summed E-state index contributed by atoms with van der Waals surface area (Å²) >= 11 is 3.17. The van der Waals surface area contributed by atoms with Gasteiger partial charge in [-0.2, -0.15) is 0 Å². The van der Waals surface area contributed by atoms with E-state index >= 15 is 0 Å². The van der Waals surface area contributed by atoms with E-state index in [1.54, 1.807) is 12.1 Å². The highest BCUT2D eigenvalue weighted by Gasteiger charge is 2.24. The number of nitrogens with one attached hydrogen (secondary N) is 1. The highest BCUT2D eigenvalue weighted by Crippen LogP contribution is 2.29. The van der Waals surface area contributed by atoms with Gasteiger partial charge in [0.05, 0.1) is 18.5 Å². The van der Waals surface area contributed by atoms with Gasteiger partial charge in [-0.05, 0) is 17.5 Å². The van der Waals surface area contributed by atoms with Gasteiger partial charge >= 0.3 is 6.09 Å². The Hall–Kier alpha value is -1.40. The van der Waals surface area contributed by atoms with Gasteiger partial charge in [-0.1, -0.05) is 34.1 Å². The number of hydrogen-bond donors (Lipinski definition) is 2. The maximum absolute atomic E-state index is 11.9. The molecule has 0 saturated carbocycles. The van der Waals surface area contributed by atoms with E-state index in [2.05, 4.69) is 21.2 Å². The second kappa shape index (κ2) is 6.16. The first-order valence-electron chi connectivity index (χ1n) is 5.93. The van der Waals surface area contributed by atoms with Crippen molar-refractivity contribution in [1.82, 2.24) is 5.32 Å². The third-order valence-electron chi connectivity index (χ3n) is 3.09. The average Bonchev–Trinajstić information content (AvgIpc) is 2.43. The molecule has 102 valence electrons. The second-order valence-corrected chi connectivity index (χ2v) is 4.79. The molecule has 0 radical (unpaired) electrons. The Balaban J connectivity index is 2.29. The molecule has 2 rings (SSSR count). The molecule has 1 aromatic rings. The van der Waals surface area contributed by atoms with Crippen molar-refractivity contribution in [2.24, 2.45) is 0 Å². The summed E-state index contributed by atoms with van der Waals surface area (Å²) in [6, 6.07) is 5.49. The first kappa shape index (κ1) is 14.0. The lowest BCUT2D eigenvalue weighted by Crippen LogP contribution is -2.31. The predicted molar refractivity (Wildman–Crippen MR) is 73.0 cm³/mol. The normalized spacial score (nSPS) is 17.6. The number of Topliss-reactive ketones (excluding diaryl/α,β-unsaturated/α-hetero) is 1. The number of rotatable bonds is 4. The van der Waals surface area contributed by atoms with Crippen LogP contribution >= 0.6 is 15.9 Å². The molecule has 1 heterocycles. The molecule has 5 nitrogen and oxygen atoms in total. The molecule has 1 atom stereocenters. The van der Waals surface area contributed by atoms with Gasteiger partial charge < -0.3 is 15.2 Å². The molecular weight excluding hydrogens is 314 g/mol. The molecular formula is C13H14BrNO4.